The topological polar surface area (TPSA) is 20.2 Å². The maximum absolute atomic E-state index is 8.93. The number of aliphatic hydroxyl groups excluding tert-OH is 1. The molecule has 0 aromatic carbocycles. The van der Waals surface area contributed by atoms with Gasteiger partial charge in [-0.1, -0.05) is 0 Å². The molecule has 0 aliphatic heterocycles. The Labute approximate surface area is 125 Å². The van der Waals surface area contributed by atoms with E-state index in [-0.39, 0.29) is 6.61 Å². The van der Waals surface area contributed by atoms with Gasteiger partial charge in [-0.2, -0.15) is 0 Å². The predicted octanol–water partition coefficient (Wildman–Crippen LogP) is 5.70. The van der Waals surface area contributed by atoms with Gasteiger partial charge < -0.3 is 0 Å². The van der Waals surface area contributed by atoms with Crippen molar-refractivity contribution in [2.75, 3.05) is 6.61 Å². The first-order valence-electron chi connectivity index (χ1n) is 8.95. The Morgan fingerprint density at radius 3 is 1.74 bits per heavy atom. The quantitative estimate of drug-likeness (QED) is 0.339. The molecule has 0 fully saturated rings. The molecule has 0 aliphatic rings. The van der Waals surface area contributed by atoms with Gasteiger partial charge in [0.1, 0.15) is 0 Å². The molecule has 114 valence electrons. The number of unbranched alkanes of at least 4 members (excludes halogenated alkanes) is 4. The summed E-state index contributed by atoms with van der Waals surface area (Å²) in [5, 5.41) is 13.0. The molecule has 19 heavy (non-hydrogen) atoms. The first-order chi connectivity index (χ1) is 9.66. The molecule has 0 saturated carbocycles. The van der Waals surface area contributed by atoms with Crippen molar-refractivity contribution in [1.29, 1.82) is 0 Å². The Bertz CT molecular complexity index is 232. The summed E-state index contributed by atoms with van der Waals surface area (Å²) in [7, 11) is 0. The Morgan fingerprint density at radius 2 is 1.37 bits per heavy atom. The Morgan fingerprint density at radius 1 is 0.895 bits per heavy atom. The predicted molar refractivity (Wildman–Crippen MR) is 90.4 cm³/mol. The second-order valence-corrected chi connectivity index (χ2v) is 14.9. The Kier molecular flexibility index (Phi) is 12.0. The molecule has 1 nitrogen and oxygen atoms in total. The first kappa shape index (κ1) is 17.3. The summed E-state index contributed by atoms with van der Waals surface area (Å²) < 4.78 is 8.65. The number of hydrogen-bond acceptors (Lipinski definition) is 1. The fourth-order valence-electron chi connectivity index (χ4n) is 2.62. The number of hydrogen-bond donors (Lipinski definition) is 1. The molecule has 0 bridgehead atoms. The molecule has 0 heterocycles. The van der Waals surface area contributed by atoms with E-state index in [1.807, 2.05) is 0 Å². The molecule has 0 rings (SSSR count). The van der Waals surface area contributed by atoms with Crippen LogP contribution in [0, 0.1) is 0 Å². The number of allylic oxidation sites excluding steroid dienone is 1. The molecular weight excluding hydrogens is 293 g/mol. The number of rotatable bonds is 13. The van der Waals surface area contributed by atoms with Crippen LogP contribution in [-0.2, 0) is 0 Å². The van der Waals surface area contributed by atoms with Crippen LogP contribution >= 0.6 is 0 Å². The van der Waals surface area contributed by atoms with E-state index < -0.39 is 13.3 Å². The summed E-state index contributed by atoms with van der Waals surface area (Å²) >= 11 is -2.15. The molecule has 1 N–H and O–H groups in total. The van der Waals surface area contributed by atoms with Gasteiger partial charge in [-0.3, -0.25) is 0 Å². The zero-order valence-electron chi connectivity index (χ0n) is 14.5. The van der Waals surface area contributed by atoms with Crippen molar-refractivity contribution in [3.63, 3.8) is 0 Å². The zero-order chi connectivity index (χ0) is 15.3. The molecule has 0 spiro atoms. The number of aliphatic hydroxyl groups is 1. The van der Waals surface area contributed by atoms with Gasteiger partial charge >= 0.3 is 125 Å². The molecule has 0 aromatic heterocycles. The average Bonchev–Trinajstić information content (AvgIpc) is 2.47. The summed E-state index contributed by atoms with van der Waals surface area (Å²) in [6.45, 7) is 7.06. The van der Waals surface area contributed by atoms with Crippen LogP contribution < -0.4 is 0 Å². The van der Waals surface area contributed by atoms with Gasteiger partial charge in [0.15, 0.2) is 0 Å². The van der Waals surface area contributed by atoms with E-state index in [2.05, 4.69) is 26.8 Å². The molecule has 0 amide bonds. The third kappa shape index (κ3) is 9.73. The average molecular weight is 330 g/mol. The standard InChI is InChI=1S/C17H36GeO/c1-4-7-13-18(14-8-5-2,15-9-6-3)16-11-10-12-17-19/h11,16,19H,4-10,12-15,17H2,1-3H3/b16-11-/i16D. The van der Waals surface area contributed by atoms with Crippen molar-refractivity contribution in [3.8, 4) is 0 Å². The summed E-state index contributed by atoms with van der Waals surface area (Å²) in [4.78, 5) is 1.04. The van der Waals surface area contributed by atoms with Gasteiger partial charge in [-0.05, 0) is 0 Å². The van der Waals surface area contributed by atoms with Crippen molar-refractivity contribution in [2.45, 2.75) is 87.9 Å². The molecule has 0 saturated heterocycles. The second-order valence-electron chi connectivity index (χ2n) is 5.81. The van der Waals surface area contributed by atoms with Gasteiger partial charge in [-0.15, -0.1) is 0 Å². The van der Waals surface area contributed by atoms with Crippen molar-refractivity contribution >= 4 is 13.3 Å². The van der Waals surface area contributed by atoms with Crippen LogP contribution in [0.25, 0.3) is 0 Å². The van der Waals surface area contributed by atoms with E-state index in [0.717, 1.165) is 17.7 Å². The van der Waals surface area contributed by atoms with Gasteiger partial charge in [0.25, 0.3) is 0 Å². The first-order valence-corrected chi connectivity index (χ1v) is 13.9. The Balaban J connectivity index is 4.94. The monoisotopic (exact) mass is 331 g/mol. The van der Waals surface area contributed by atoms with Crippen LogP contribution in [0.5, 0.6) is 0 Å². The van der Waals surface area contributed by atoms with Crippen LogP contribution in [0.1, 0.15) is 73.5 Å². The van der Waals surface area contributed by atoms with E-state index >= 15 is 0 Å². The van der Waals surface area contributed by atoms with Crippen molar-refractivity contribution < 1.29 is 6.48 Å². The molecule has 0 atom stereocenters. The molecule has 2 heteroatoms. The van der Waals surface area contributed by atoms with E-state index in [4.69, 9.17) is 6.48 Å². The summed E-state index contributed by atoms with van der Waals surface area (Å²) in [5.74, 6) is 0. The molecule has 0 unspecified atom stereocenters. The maximum atomic E-state index is 8.93. The van der Waals surface area contributed by atoms with Gasteiger partial charge in [-0.25, -0.2) is 0 Å². The van der Waals surface area contributed by atoms with Crippen LogP contribution in [-0.4, -0.2) is 25.0 Å². The van der Waals surface area contributed by atoms with Crippen LogP contribution in [0.2, 0.25) is 15.8 Å². The molecule has 0 aliphatic carbocycles. The third-order valence-corrected chi connectivity index (χ3v) is 13.9. The van der Waals surface area contributed by atoms with Gasteiger partial charge in [0.05, 0.1) is 0 Å². The minimum absolute atomic E-state index is 0.253. The second kappa shape index (κ2) is 13.2. The fourth-order valence-corrected chi connectivity index (χ4v) is 12.8. The van der Waals surface area contributed by atoms with Crippen LogP contribution in [0.3, 0.4) is 0 Å². The zero-order valence-corrected chi connectivity index (χ0v) is 15.6. The normalized spacial score (nSPS) is 13.7. The van der Waals surface area contributed by atoms with Crippen molar-refractivity contribution in [3.05, 3.63) is 11.0 Å². The summed E-state index contributed by atoms with van der Waals surface area (Å²) in [5.41, 5.74) is 0. The minimum atomic E-state index is -2.15. The fraction of sp³-hybridized carbons (Fsp3) is 0.882. The SMILES string of the molecule is [2H]/[C](=C/CCCO)[Ge]([CH2]CCC)([CH2]CCC)[CH2]CCC. The Hall–Kier alpha value is 0.243. The van der Waals surface area contributed by atoms with E-state index in [1.54, 1.807) is 0 Å². The van der Waals surface area contributed by atoms with Crippen LogP contribution in [0.15, 0.2) is 11.0 Å². The van der Waals surface area contributed by atoms with Gasteiger partial charge in [0, 0.05) is 0 Å². The molecular formula is C17H36GeO. The van der Waals surface area contributed by atoms with Gasteiger partial charge in [0.2, 0.25) is 0 Å². The summed E-state index contributed by atoms with van der Waals surface area (Å²) in [6.07, 6.45) is 11.6. The molecule has 0 aromatic rings. The van der Waals surface area contributed by atoms with Crippen LogP contribution in [0.4, 0.5) is 0 Å². The van der Waals surface area contributed by atoms with E-state index in [1.165, 1.54) is 54.3 Å². The summed E-state index contributed by atoms with van der Waals surface area (Å²) in [6, 6.07) is 0. The molecule has 0 radical (unpaired) electrons. The third-order valence-electron chi connectivity index (χ3n) is 3.94. The van der Waals surface area contributed by atoms with Crippen molar-refractivity contribution in [1.82, 2.24) is 0 Å². The van der Waals surface area contributed by atoms with E-state index in [0.29, 0.717) is 0 Å². The van der Waals surface area contributed by atoms with E-state index in [9.17, 15) is 0 Å². The van der Waals surface area contributed by atoms with Crippen molar-refractivity contribution in [2.24, 2.45) is 0 Å².